The summed E-state index contributed by atoms with van der Waals surface area (Å²) in [5.41, 5.74) is -1.25. The number of methoxy groups -OCH3 is 2. The third-order valence-corrected chi connectivity index (χ3v) is 18.7. The predicted octanol–water partition coefficient (Wildman–Crippen LogP) is 8.54. The van der Waals surface area contributed by atoms with E-state index < -0.39 is 81.9 Å². The summed E-state index contributed by atoms with van der Waals surface area (Å²) in [6, 6.07) is 26.5. The van der Waals surface area contributed by atoms with Crippen molar-refractivity contribution in [1.82, 2.24) is 19.5 Å². The van der Waals surface area contributed by atoms with E-state index >= 15 is 0 Å². The minimum Gasteiger partial charge on any atom is -0.497 e. The Kier molecular flexibility index (Phi) is 18.8. The van der Waals surface area contributed by atoms with Gasteiger partial charge < -0.3 is 37.7 Å². The molecular weight excluding hydrogens is 947 g/mol. The third-order valence-electron chi connectivity index (χ3n) is 12.1. The smallest absolute Gasteiger partial charge is 0.471 e. The number of hydrogen-bond donors (Lipinski definition) is 2. The normalized spacial score (nSPS) is 18.1. The zero-order valence-electron chi connectivity index (χ0n) is 41.4. The molecule has 0 radical (unpaired) electrons. The molecule has 3 aromatic carbocycles. The number of carbonyl (C=O) groups excluding carboxylic acids is 1. The summed E-state index contributed by atoms with van der Waals surface area (Å²) in [5.74, 6) is 3.89. The number of benzene rings is 3. The van der Waals surface area contributed by atoms with Crippen LogP contribution in [0.15, 0.2) is 94.6 Å². The van der Waals surface area contributed by atoms with Crippen LogP contribution in [-0.4, -0.2) is 99.0 Å². The van der Waals surface area contributed by atoms with Crippen LogP contribution in [0.25, 0.3) is 0 Å². The lowest BCUT2D eigenvalue weighted by molar-refractivity contribution is -0.173. The number of aromatic nitrogens is 2. The first kappa shape index (κ1) is 55.6. The molecule has 2 heterocycles. The van der Waals surface area contributed by atoms with Crippen molar-refractivity contribution in [3.8, 4) is 29.4 Å². The van der Waals surface area contributed by atoms with Crippen molar-refractivity contribution in [1.29, 1.82) is 5.26 Å². The largest absolute Gasteiger partial charge is 0.497 e. The lowest BCUT2D eigenvalue weighted by atomic mass is 9.80. The molecule has 1 amide bonds. The van der Waals surface area contributed by atoms with Crippen molar-refractivity contribution in [2.75, 3.05) is 34.0 Å². The lowest BCUT2D eigenvalue weighted by Gasteiger charge is -2.42. The molecule has 5 atom stereocenters. The van der Waals surface area contributed by atoms with Crippen LogP contribution in [0.5, 0.6) is 11.5 Å². The van der Waals surface area contributed by atoms with E-state index in [9.17, 15) is 32.8 Å². The van der Waals surface area contributed by atoms with Gasteiger partial charge in [0.15, 0.2) is 14.5 Å². The quantitative estimate of drug-likeness (QED) is 0.0284. The van der Waals surface area contributed by atoms with Crippen LogP contribution in [0.1, 0.15) is 83.4 Å². The molecule has 1 saturated heterocycles. The van der Waals surface area contributed by atoms with Crippen molar-refractivity contribution in [3.63, 3.8) is 0 Å². The van der Waals surface area contributed by atoms with Crippen molar-refractivity contribution in [3.05, 3.63) is 128 Å². The molecule has 1 unspecified atom stereocenters. The average Bonchev–Trinajstić information content (AvgIpc) is 3.62. The molecule has 1 aromatic heterocycles. The summed E-state index contributed by atoms with van der Waals surface area (Å²) in [7, 11) is -1.69. The van der Waals surface area contributed by atoms with Gasteiger partial charge in [-0.2, -0.15) is 18.4 Å². The maximum absolute atomic E-state index is 14.1. The Morgan fingerprint density at radius 2 is 1.46 bits per heavy atom. The summed E-state index contributed by atoms with van der Waals surface area (Å²) < 4.78 is 88.4. The number of H-pyrrole nitrogens is 1. The zero-order chi connectivity index (χ0) is 51.6. The monoisotopic (exact) mass is 1010 g/mol. The second kappa shape index (κ2) is 23.7. The summed E-state index contributed by atoms with van der Waals surface area (Å²) >= 11 is 0. The highest BCUT2D eigenvalue weighted by Gasteiger charge is 2.54. The fraction of sp³-hybridized carbons (Fsp3) is 0.480. The number of amides is 1. The van der Waals surface area contributed by atoms with E-state index in [0.717, 1.165) is 27.5 Å². The fourth-order valence-corrected chi connectivity index (χ4v) is 10.7. The van der Waals surface area contributed by atoms with E-state index in [-0.39, 0.29) is 37.3 Å². The first-order valence-electron chi connectivity index (χ1n) is 22.7. The molecule has 0 aliphatic carbocycles. The van der Waals surface area contributed by atoms with Crippen LogP contribution in [0.2, 0.25) is 18.1 Å². The Bertz CT molecular complexity index is 2530. The van der Waals surface area contributed by atoms with Gasteiger partial charge in [-0.25, -0.2) is 9.46 Å². The Balaban J connectivity index is 1.76. The number of nitrogens with zero attached hydrogens (tertiary/aromatic N) is 3. The summed E-state index contributed by atoms with van der Waals surface area (Å²) in [4.78, 5) is 41.1. The number of nitrogens with one attached hydrogen (secondary N) is 2. The van der Waals surface area contributed by atoms with Gasteiger partial charge in [0.1, 0.15) is 41.0 Å². The molecule has 1 aliphatic heterocycles. The summed E-state index contributed by atoms with van der Waals surface area (Å²) in [6.45, 7) is 17.3. The van der Waals surface area contributed by atoms with Gasteiger partial charge >= 0.3 is 17.8 Å². The molecular formula is C50H63F3N5O10PSi. The van der Waals surface area contributed by atoms with Crippen molar-refractivity contribution in [2.24, 2.45) is 0 Å². The van der Waals surface area contributed by atoms with E-state index in [1.807, 2.05) is 140 Å². The van der Waals surface area contributed by atoms with Gasteiger partial charge in [-0.05, 0) is 86.8 Å². The molecule has 1 fully saturated rings. The highest BCUT2D eigenvalue weighted by atomic mass is 31.2. The SMILES string of the molecule is COc1ccc(C(OC[C@H]2O[C@@H](n3cc(C#CCNC(=O)C(F)(F)F)c(=O)[nH]c3=O)[C@H](O[Si](C)(C)C(C)(C)C)[C@@H]2OP(OCCC#N)N(C(C)C)C(C)C)(c2ccccc2)c2ccc(OC)cc2)cc1. The summed E-state index contributed by atoms with van der Waals surface area (Å²) in [6.07, 6.45) is -8.49. The number of rotatable bonds is 20. The van der Waals surface area contributed by atoms with Crippen LogP contribution in [0, 0.1) is 23.2 Å². The third kappa shape index (κ3) is 13.1. The number of ether oxygens (including phenoxy) is 4. The number of alkyl halides is 3. The van der Waals surface area contributed by atoms with Crippen molar-refractivity contribution >= 4 is 22.8 Å². The standard InChI is InChI=1S/C50H63F3N5O10PSi/c1-33(2)58(34(3)4)69(65-30-16-28-54)67-42-41(32-64-49(36-18-13-12-14-19-36,37-20-24-39(62-8)25-21-37)38-22-26-40(63-9)27-23-38)66-45(43(42)68-70(10,11)48(5,6)7)57-31-35(44(59)56-47(57)61)17-15-29-55-46(60)50(51,52)53/h12-14,18-27,31,33-34,41-43,45H,16,29-30,32H2,1-11H3,(H,55,60)(H,56,59,61)/t41-,42-,43-,45-,69?/m1/s1. The van der Waals surface area contributed by atoms with Crippen LogP contribution in [0.3, 0.4) is 0 Å². The zero-order valence-corrected chi connectivity index (χ0v) is 43.3. The number of halogens is 3. The predicted molar refractivity (Wildman–Crippen MR) is 262 cm³/mol. The first-order chi connectivity index (χ1) is 33.0. The molecule has 1 aliphatic rings. The minimum absolute atomic E-state index is 0.0426. The second-order valence-electron chi connectivity index (χ2n) is 18.5. The average molecular weight is 1010 g/mol. The van der Waals surface area contributed by atoms with Crippen molar-refractivity contribution < 1.29 is 50.4 Å². The van der Waals surface area contributed by atoms with Gasteiger partial charge in [0.2, 0.25) is 0 Å². The Morgan fingerprint density at radius 3 is 1.96 bits per heavy atom. The Morgan fingerprint density at radius 1 is 0.900 bits per heavy atom. The van der Waals surface area contributed by atoms with Gasteiger partial charge in [-0.15, -0.1) is 0 Å². The molecule has 0 spiro atoms. The fourth-order valence-electron chi connectivity index (χ4n) is 7.64. The lowest BCUT2D eigenvalue weighted by Crippen LogP contribution is -2.51. The van der Waals surface area contributed by atoms with E-state index in [0.29, 0.717) is 11.5 Å². The molecule has 70 heavy (non-hydrogen) atoms. The van der Waals surface area contributed by atoms with Crippen molar-refractivity contribution in [2.45, 2.75) is 121 Å². The topological polar surface area (TPSA) is 176 Å². The van der Waals surface area contributed by atoms with E-state index in [1.165, 1.54) is 0 Å². The molecule has 15 nitrogen and oxygen atoms in total. The first-order valence-corrected chi connectivity index (χ1v) is 26.8. The number of aromatic amines is 1. The van der Waals surface area contributed by atoms with Crippen LogP contribution in [-0.2, 0) is 33.3 Å². The van der Waals surface area contributed by atoms with Gasteiger partial charge in [0.05, 0.1) is 46.5 Å². The van der Waals surface area contributed by atoms with Crippen LogP contribution >= 0.6 is 8.53 Å². The molecule has 4 aromatic rings. The van der Waals surface area contributed by atoms with Gasteiger partial charge in [-0.1, -0.05) is 87.2 Å². The number of carbonyl (C=O) groups is 1. The molecule has 0 saturated carbocycles. The Hall–Kier alpha value is -5.34. The van der Waals surface area contributed by atoms with Gasteiger partial charge in [0.25, 0.3) is 14.1 Å². The minimum atomic E-state index is -5.14. The maximum atomic E-state index is 14.1. The van der Waals surface area contributed by atoms with Crippen LogP contribution in [0.4, 0.5) is 13.2 Å². The molecule has 20 heteroatoms. The highest BCUT2D eigenvalue weighted by Crippen LogP contribution is 2.52. The molecule has 378 valence electrons. The van der Waals surface area contributed by atoms with E-state index in [2.05, 4.69) is 27.6 Å². The summed E-state index contributed by atoms with van der Waals surface area (Å²) in [5, 5.41) is 10.8. The second-order valence-corrected chi connectivity index (χ2v) is 24.7. The molecule has 0 bridgehead atoms. The van der Waals surface area contributed by atoms with Gasteiger partial charge in [0, 0.05) is 18.3 Å². The highest BCUT2D eigenvalue weighted by molar-refractivity contribution is 7.44. The Labute approximate surface area is 409 Å². The van der Waals surface area contributed by atoms with Gasteiger partial charge in [-0.3, -0.25) is 19.1 Å². The van der Waals surface area contributed by atoms with E-state index in [4.69, 9.17) is 32.4 Å². The van der Waals surface area contributed by atoms with Crippen LogP contribution < -0.4 is 26.0 Å². The molecule has 2 N–H and O–H groups in total. The molecule has 5 rings (SSSR count). The number of hydrogen-bond acceptors (Lipinski definition) is 12. The maximum Gasteiger partial charge on any atom is 0.471 e. The number of nitriles is 1. The van der Waals surface area contributed by atoms with E-state index in [1.54, 1.807) is 19.5 Å².